The molecule has 0 aromatic carbocycles. The molecular weight excluding hydrogens is 271 g/mol. The molecule has 94 valence electrons. The molecule has 1 rings (SSSR count). The molecule has 0 radical (unpaired) electrons. The Labute approximate surface area is 96.6 Å². The molecule has 0 unspecified atom stereocenters. The summed E-state index contributed by atoms with van der Waals surface area (Å²) in [4.78, 5) is 14.1. The Morgan fingerprint density at radius 1 is 1.24 bits per heavy atom. The van der Waals surface area contributed by atoms with Crippen molar-refractivity contribution >= 4 is 23.3 Å². The summed E-state index contributed by atoms with van der Waals surface area (Å²) >= 11 is 5.36. The average Bonchev–Trinajstić information content (AvgIpc) is 2.15. The van der Waals surface area contributed by atoms with Crippen LogP contribution in [0.5, 0.6) is 0 Å². The first-order chi connectivity index (χ1) is 7.64. The zero-order valence-electron chi connectivity index (χ0n) is 7.86. The van der Waals surface area contributed by atoms with E-state index in [1.165, 1.54) is 17.4 Å². The topological polar surface area (TPSA) is 42.0 Å². The van der Waals surface area contributed by atoms with Gasteiger partial charge in [0.25, 0.3) is 0 Å². The second-order valence-corrected chi connectivity index (χ2v) is 3.26. The maximum absolute atomic E-state index is 12.5. The van der Waals surface area contributed by atoms with Crippen LogP contribution >= 0.6 is 11.6 Å². The number of alkyl halides is 5. The molecule has 1 amide bonds. The van der Waals surface area contributed by atoms with Crippen molar-refractivity contribution in [3.63, 3.8) is 0 Å². The van der Waals surface area contributed by atoms with E-state index in [-0.39, 0.29) is 5.15 Å². The molecule has 0 aliphatic heterocycles. The van der Waals surface area contributed by atoms with Crippen molar-refractivity contribution in [1.82, 2.24) is 4.98 Å². The number of anilines is 1. The van der Waals surface area contributed by atoms with Gasteiger partial charge in [0.15, 0.2) is 0 Å². The molecule has 0 aliphatic carbocycles. The second kappa shape index (κ2) is 4.44. The zero-order chi connectivity index (χ0) is 13.3. The summed E-state index contributed by atoms with van der Waals surface area (Å²) in [5.41, 5.74) is 0. The van der Waals surface area contributed by atoms with Crippen LogP contribution in [-0.4, -0.2) is 23.0 Å². The van der Waals surface area contributed by atoms with Crippen LogP contribution in [0.1, 0.15) is 0 Å². The first kappa shape index (κ1) is 13.6. The van der Waals surface area contributed by atoms with E-state index >= 15 is 0 Å². The minimum atomic E-state index is -5.96. The van der Waals surface area contributed by atoms with Crippen molar-refractivity contribution in [2.45, 2.75) is 12.1 Å². The van der Waals surface area contributed by atoms with Gasteiger partial charge in [0, 0.05) is 0 Å². The van der Waals surface area contributed by atoms with Gasteiger partial charge in [-0.1, -0.05) is 17.7 Å². The summed E-state index contributed by atoms with van der Waals surface area (Å²) < 4.78 is 60.5. The number of aromatic nitrogens is 1. The minimum absolute atomic E-state index is 0.155. The summed E-state index contributed by atoms with van der Waals surface area (Å²) in [6.07, 6.45) is -5.96. The van der Waals surface area contributed by atoms with Crippen molar-refractivity contribution in [3.05, 3.63) is 23.4 Å². The van der Waals surface area contributed by atoms with Gasteiger partial charge in [-0.15, -0.1) is 0 Å². The van der Waals surface area contributed by atoms with Crippen LogP contribution in [0.2, 0.25) is 5.15 Å². The smallest absolute Gasteiger partial charge is 0.305 e. The van der Waals surface area contributed by atoms with Crippen LogP contribution in [0.3, 0.4) is 0 Å². The summed E-state index contributed by atoms with van der Waals surface area (Å²) in [6, 6.07) is 3.52. The van der Waals surface area contributed by atoms with E-state index in [0.29, 0.717) is 0 Å². The van der Waals surface area contributed by atoms with E-state index in [1.54, 1.807) is 0 Å². The van der Waals surface area contributed by atoms with Gasteiger partial charge in [0.1, 0.15) is 11.0 Å². The number of carbonyl (C=O) groups is 1. The Bertz CT molecular complexity index is 434. The van der Waals surface area contributed by atoms with Crippen LogP contribution in [0.25, 0.3) is 0 Å². The number of hydrogen-bond acceptors (Lipinski definition) is 2. The number of carbonyl (C=O) groups excluding carboxylic acids is 1. The number of nitrogens with zero attached hydrogens (tertiary/aromatic N) is 1. The molecule has 1 aromatic rings. The summed E-state index contributed by atoms with van der Waals surface area (Å²) in [6.45, 7) is 0. The lowest BCUT2D eigenvalue weighted by Crippen LogP contribution is -2.47. The Hall–Kier alpha value is -1.44. The van der Waals surface area contributed by atoms with E-state index in [0.717, 1.165) is 6.07 Å². The van der Waals surface area contributed by atoms with Crippen molar-refractivity contribution in [2.75, 3.05) is 5.32 Å². The number of nitrogens with one attached hydrogen (secondary N) is 1. The van der Waals surface area contributed by atoms with Gasteiger partial charge in [-0.25, -0.2) is 4.98 Å². The monoisotopic (exact) mass is 274 g/mol. The summed E-state index contributed by atoms with van der Waals surface area (Å²) in [5.74, 6) is -8.50. The predicted octanol–water partition coefficient (Wildman–Crippen LogP) is 2.87. The molecule has 17 heavy (non-hydrogen) atoms. The van der Waals surface area contributed by atoms with Gasteiger partial charge in [0.2, 0.25) is 0 Å². The molecule has 0 aliphatic rings. The largest absolute Gasteiger partial charge is 0.463 e. The van der Waals surface area contributed by atoms with Crippen molar-refractivity contribution in [1.29, 1.82) is 0 Å². The van der Waals surface area contributed by atoms with Gasteiger partial charge >= 0.3 is 18.0 Å². The Morgan fingerprint density at radius 2 is 1.82 bits per heavy atom. The molecule has 0 atom stereocenters. The summed E-state index contributed by atoms with van der Waals surface area (Å²) in [7, 11) is 0. The molecule has 0 spiro atoms. The minimum Gasteiger partial charge on any atom is -0.305 e. The number of hydrogen-bond donors (Lipinski definition) is 1. The molecular formula is C8H4ClF5N2O. The number of pyridine rings is 1. The predicted molar refractivity (Wildman–Crippen MR) is 48.9 cm³/mol. The lowest BCUT2D eigenvalue weighted by molar-refractivity contribution is -0.267. The molecule has 0 fully saturated rings. The number of halogens is 6. The van der Waals surface area contributed by atoms with Gasteiger partial charge in [-0.05, 0) is 12.1 Å². The fourth-order valence-electron chi connectivity index (χ4n) is 0.801. The van der Waals surface area contributed by atoms with E-state index in [4.69, 9.17) is 11.6 Å². The average molecular weight is 275 g/mol. The Kier molecular flexibility index (Phi) is 3.56. The third kappa shape index (κ3) is 3.02. The fraction of sp³-hybridized carbons (Fsp3) is 0.250. The number of rotatable bonds is 2. The van der Waals surface area contributed by atoms with Crippen LogP contribution in [0.4, 0.5) is 27.8 Å². The van der Waals surface area contributed by atoms with E-state index in [9.17, 15) is 26.7 Å². The zero-order valence-corrected chi connectivity index (χ0v) is 8.61. The SMILES string of the molecule is O=C(Nc1cccc(Cl)n1)C(F)(F)C(F)(F)F. The quantitative estimate of drug-likeness (QED) is 0.665. The molecule has 9 heteroatoms. The lowest BCUT2D eigenvalue weighted by Gasteiger charge is -2.18. The highest BCUT2D eigenvalue weighted by Crippen LogP contribution is 2.36. The molecule has 0 saturated carbocycles. The molecule has 3 nitrogen and oxygen atoms in total. The first-order valence-corrected chi connectivity index (χ1v) is 4.41. The van der Waals surface area contributed by atoms with Crippen molar-refractivity contribution in [3.8, 4) is 0 Å². The third-order valence-corrected chi connectivity index (χ3v) is 1.81. The third-order valence-electron chi connectivity index (χ3n) is 1.60. The fourth-order valence-corrected chi connectivity index (χ4v) is 0.965. The van der Waals surface area contributed by atoms with Gasteiger partial charge < -0.3 is 5.32 Å². The van der Waals surface area contributed by atoms with Crippen LogP contribution < -0.4 is 5.32 Å². The standard InChI is InChI=1S/C8H4ClF5N2O/c9-4-2-1-3-5(15-4)16-6(17)7(10,11)8(12,13)14/h1-3H,(H,15,16,17). The molecule has 0 saturated heterocycles. The summed E-state index contributed by atoms with van der Waals surface area (Å²) in [5, 5.41) is 1.17. The first-order valence-electron chi connectivity index (χ1n) is 4.03. The van der Waals surface area contributed by atoms with Crippen LogP contribution in [0.15, 0.2) is 18.2 Å². The van der Waals surface area contributed by atoms with E-state index in [2.05, 4.69) is 4.98 Å². The van der Waals surface area contributed by atoms with E-state index < -0.39 is 23.8 Å². The van der Waals surface area contributed by atoms with Crippen molar-refractivity contribution in [2.24, 2.45) is 0 Å². The molecule has 0 bridgehead atoms. The highest BCUT2D eigenvalue weighted by Gasteiger charge is 2.63. The van der Waals surface area contributed by atoms with E-state index in [1.807, 2.05) is 0 Å². The normalized spacial score (nSPS) is 12.4. The molecule has 1 N–H and O–H groups in total. The molecule has 1 heterocycles. The van der Waals surface area contributed by atoms with Gasteiger partial charge in [0.05, 0.1) is 0 Å². The highest BCUT2D eigenvalue weighted by atomic mass is 35.5. The molecule has 1 aromatic heterocycles. The number of amides is 1. The van der Waals surface area contributed by atoms with Gasteiger partial charge in [-0.2, -0.15) is 22.0 Å². The Balaban J connectivity index is 2.87. The maximum Gasteiger partial charge on any atom is 0.463 e. The van der Waals surface area contributed by atoms with Crippen LogP contribution in [0, 0.1) is 0 Å². The van der Waals surface area contributed by atoms with Crippen LogP contribution in [-0.2, 0) is 4.79 Å². The second-order valence-electron chi connectivity index (χ2n) is 2.87. The maximum atomic E-state index is 12.5. The Morgan fingerprint density at radius 3 is 2.29 bits per heavy atom. The highest BCUT2D eigenvalue weighted by molar-refractivity contribution is 6.29. The van der Waals surface area contributed by atoms with Crippen molar-refractivity contribution < 1.29 is 26.7 Å². The van der Waals surface area contributed by atoms with Gasteiger partial charge in [-0.3, -0.25) is 4.79 Å². The lowest BCUT2D eigenvalue weighted by atomic mass is 10.3.